The summed E-state index contributed by atoms with van der Waals surface area (Å²) >= 11 is 12.3. The summed E-state index contributed by atoms with van der Waals surface area (Å²) in [6.45, 7) is 3.56. The van der Waals surface area contributed by atoms with Gasteiger partial charge in [-0.3, -0.25) is 9.59 Å². The Morgan fingerprint density at radius 1 is 1.33 bits per heavy atom. The molecule has 1 aromatic heterocycles. The Labute approximate surface area is 148 Å². The van der Waals surface area contributed by atoms with Crippen LogP contribution >= 0.6 is 23.2 Å². The summed E-state index contributed by atoms with van der Waals surface area (Å²) in [6.07, 6.45) is -0.0356. The van der Waals surface area contributed by atoms with Gasteiger partial charge in [0.25, 0.3) is 5.91 Å². The number of aryl methyl sites for hydroxylation is 1. The second-order valence-corrected chi connectivity index (χ2v) is 6.29. The lowest BCUT2D eigenvalue weighted by molar-refractivity contribution is -0.137. The van der Waals surface area contributed by atoms with Gasteiger partial charge in [-0.2, -0.15) is 0 Å². The topological polar surface area (TPSA) is 92.4 Å². The van der Waals surface area contributed by atoms with Gasteiger partial charge in [-0.15, -0.1) is 0 Å². The molecule has 0 bridgehead atoms. The van der Waals surface area contributed by atoms with E-state index < -0.39 is 11.9 Å². The van der Waals surface area contributed by atoms with E-state index in [2.05, 4.69) is 10.5 Å². The Balaban J connectivity index is 2.27. The first kappa shape index (κ1) is 18.3. The molecule has 24 heavy (non-hydrogen) atoms. The molecule has 0 saturated heterocycles. The molecule has 0 radical (unpaired) electrons. The highest BCUT2D eigenvalue weighted by atomic mass is 35.5. The minimum absolute atomic E-state index is 0.0356. The number of carboxylic acids is 1. The molecule has 0 saturated carbocycles. The molecule has 2 N–H and O–H groups in total. The SMILES string of the molecule is Cc1onc(-c2c(Cl)cccc2Cl)c1C(=O)NCC(C)CC(=O)O. The van der Waals surface area contributed by atoms with Gasteiger partial charge in [-0.05, 0) is 25.0 Å². The fraction of sp³-hybridized carbons (Fsp3) is 0.312. The van der Waals surface area contributed by atoms with Crippen molar-refractivity contribution in [3.8, 4) is 11.3 Å². The van der Waals surface area contributed by atoms with Gasteiger partial charge < -0.3 is 14.9 Å². The summed E-state index contributed by atoms with van der Waals surface area (Å²) in [5.41, 5.74) is 0.903. The minimum atomic E-state index is -0.915. The average Bonchev–Trinajstić information content (AvgIpc) is 2.85. The molecule has 1 heterocycles. The van der Waals surface area contributed by atoms with Crippen LogP contribution in [-0.2, 0) is 4.79 Å². The molecule has 2 aromatic rings. The molecule has 0 aliphatic rings. The normalized spacial score (nSPS) is 12.0. The van der Waals surface area contributed by atoms with Crippen molar-refractivity contribution in [1.82, 2.24) is 10.5 Å². The van der Waals surface area contributed by atoms with E-state index in [9.17, 15) is 9.59 Å². The lowest BCUT2D eigenvalue weighted by Gasteiger charge is -2.11. The Hall–Kier alpha value is -2.05. The maximum atomic E-state index is 12.5. The van der Waals surface area contributed by atoms with Crippen molar-refractivity contribution in [2.24, 2.45) is 5.92 Å². The van der Waals surface area contributed by atoms with Crippen molar-refractivity contribution in [2.45, 2.75) is 20.3 Å². The third-order valence-electron chi connectivity index (χ3n) is 3.42. The Bertz CT molecular complexity index is 753. The zero-order valence-corrected chi connectivity index (χ0v) is 14.6. The van der Waals surface area contributed by atoms with Crippen LogP contribution in [0, 0.1) is 12.8 Å². The monoisotopic (exact) mass is 370 g/mol. The van der Waals surface area contributed by atoms with Crippen LogP contribution in [0.1, 0.15) is 29.5 Å². The van der Waals surface area contributed by atoms with Crippen LogP contribution in [0.3, 0.4) is 0 Å². The third kappa shape index (κ3) is 4.07. The van der Waals surface area contributed by atoms with Crippen molar-refractivity contribution in [3.63, 3.8) is 0 Å². The fourth-order valence-corrected chi connectivity index (χ4v) is 2.84. The molecule has 0 aliphatic heterocycles. The number of hydrogen-bond acceptors (Lipinski definition) is 4. The largest absolute Gasteiger partial charge is 0.481 e. The van der Waals surface area contributed by atoms with E-state index in [1.54, 1.807) is 32.0 Å². The van der Waals surface area contributed by atoms with Crippen LogP contribution in [0.25, 0.3) is 11.3 Å². The number of carbonyl (C=O) groups is 2. The lowest BCUT2D eigenvalue weighted by atomic mass is 10.0. The van der Waals surface area contributed by atoms with E-state index >= 15 is 0 Å². The first-order valence-corrected chi connectivity index (χ1v) is 7.97. The van der Waals surface area contributed by atoms with E-state index in [1.807, 2.05) is 0 Å². The number of aromatic nitrogens is 1. The molecule has 6 nitrogen and oxygen atoms in total. The smallest absolute Gasteiger partial charge is 0.303 e. The minimum Gasteiger partial charge on any atom is -0.481 e. The van der Waals surface area contributed by atoms with Gasteiger partial charge in [0.1, 0.15) is 17.0 Å². The van der Waals surface area contributed by atoms with Crippen molar-refractivity contribution in [2.75, 3.05) is 6.54 Å². The quantitative estimate of drug-likeness (QED) is 0.806. The Morgan fingerprint density at radius 2 is 1.96 bits per heavy atom. The third-order valence-corrected chi connectivity index (χ3v) is 4.05. The molecule has 1 amide bonds. The summed E-state index contributed by atoms with van der Waals surface area (Å²) in [7, 11) is 0. The summed E-state index contributed by atoms with van der Waals surface area (Å²) in [6, 6.07) is 4.97. The van der Waals surface area contributed by atoms with Crippen molar-refractivity contribution in [1.29, 1.82) is 0 Å². The first-order chi connectivity index (χ1) is 11.3. The molecule has 1 unspecified atom stereocenters. The number of benzene rings is 1. The number of halogens is 2. The van der Waals surface area contributed by atoms with E-state index in [-0.39, 0.29) is 30.1 Å². The number of carboxylic acid groups (broad SMARTS) is 1. The van der Waals surface area contributed by atoms with Gasteiger partial charge in [0.15, 0.2) is 0 Å². The van der Waals surface area contributed by atoms with Gasteiger partial charge >= 0.3 is 5.97 Å². The van der Waals surface area contributed by atoms with Crippen LogP contribution < -0.4 is 5.32 Å². The molecule has 1 aromatic carbocycles. The van der Waals surface area contributed by atoms with E-state index in [4.69, 9.17) is 32.8 Å². The number of hydrogen-bond donors (Lipinski definition) is 2. The summed E-state index contributed by atoms with van der Waals surface area (Å²) < 4.78 is 5.13. The van der Waals surface area contributed by atoms with E-state index in [1.165, 1.54) is 0 Å². The predicted molar refractivity (Wildman–Crippen MR) is 90.4 cm³/mol. The van der Waals surface area contributed by atoms with Crippen LogP contribution in [0.5, 0.6) is 0 Å². The molecule has 128 valence electrons. The highest BCUT2D eigenvalue weighted by molar-refractivity contribution is 6.39. The number of nitrogens with zero attached hydrogens (tertiary/aromatic N) is 1. The predicted octanol–water partition coefficient (Wildman–Crippen LogP) is 3.80. The van der Waals surface area contributed by atoms with Crippen LogP contribution in [0.4, 0.5) is 0 Å². The molecule has 0 fully saturated rings. The van der Waals surface area contributed by atoms with E-state index in [0.29, 0.717) is 21.4 Å². The maximum Gasteiger partial charge on any atom is 0.303 e. The summed E-state index contributed by atoms with van der Waals surface area (Å²) in [5.74, 6) is -1.22. The van der Waals surface area contributed by atoms with Crippen LogP contribution in [-0.4, -0.2) is 28.7 Å². The van der Waals surface area contributed by atoms with Crippen molar-refractivity contribution in [3.05, 3.63) is 39.6 Å². The Morgan fingerprint density at radius 3 is 2.54 bits per heavy atom. The van der Waals surface area contributed by atoms with Gasteiger partial charge in [0, 0.05) is 18.5 Å². The van der Waals surface area contributed by atoms with Crippen LogP contribution in [0.2, 0.25) is 10.0 Å². The highest BCUT2D eigenvalue weighted by Gasteiger charge is 2.25. The number of nitrogens with one attached hydrogen (secondary N) is 1. The van der Waals surface area contributed by atoms with Gasteiger partial charge in [-0.25, -0.2) is 0 Å². The number of rotatable bonds is 6. The molecule has 1 atom stereocenters. The Kier molecular flexibility index (Phi) is 5.85. The fourth-order valence-electron chi connectivity index (χ4n) is 2.26. The van der Waals surface area contributed by atoms with Crippen molar-refractivity contribution < 1.29 is 19.2 Å². The van der Waals surface area contributed by atoms with E-state index in [0.717, 1.165) is 0 Å². The summed E-state index contributed by atoms with van der Waals surface area (Å²) in [5, 5.41) is 16.1. The molecular weight excluding hydrogens is 355 g/mol. The first-order valence-electron chi connectivity index (χ1n) is 7.22. The average molecular weight is 371 g/mol. The highest BCUT2D eigenvalue weighted by Crippen LogP contribution is 2.36. The van der Waals surface area contributed by atoms with Crippen molar-refractivity contribution >= 4 is 35.1 Å². The van der Waals surface area contributed by atoms with Gasteiger partial charge in [-0.1, -0.05) is 41.3 Å². The second-order valence-electron chi connectivity index (χ2n) is 5.47. The standard InChI is InChI=1S/C16H16Cl2N2O4/c1-8(6-12(21)22)7-19-16(23)13-9(2)24-20-15(13)14-10(17)4-3-5-11(14)18/h3-5,8H,6-7H2,1-2H3,(H,19,23)(H,21,22). The molecule has 0 spiro atoms. The number of carbonyl (C=O) groups excluding carboxylic acids is 1. The number of aliphatic carboxylic acids is 1. The second kappa shape index (κ2) is 7.68. The zero-order chi connectivity index (χ0) is 17.9. The van der Waals surface area contributed by atoms with Gasteiger partial charge in [0.2, 0.25) is 0 Å². The molecular formula is C16H16Cl2N2O4. The maximum absolute atomic E-state index is 12.5. The van der Waals surface area contributed by atoms with Crippen LogP contribution in [0.15, 0.2) is 22.7 Å². The molecule has 2 rings (SSSR count). The molecule has 8 heteroatoms. The lowest BCUT2D eigenvalue weighted by Crippen LogP contribution is -2.29. The molecule has 0 aliphatic carbocycles. The van der Waals surface area contributed by atoms with Gasteiger partial charge in [0.05, 0.1) is 10.0 Å². The summed E-state index contributed by atoms with van der Waals surface area (Å²) in [4.78, 5) is 23.2. The number of amides is 1. The zero-order valence-electron chi connectivity index (χ0n) is 13.1.